The quantitative estimate of drug-likeness (QED) is 0.727. The van der Waals surface area contributed by atoms with Crippen LogP contribution in [0, 0.1) is 0 Å². The lowest BCUT2D eigenvalue weighted by atomic mass is 10.0. The summed E-state index contributed by atoms with van der Waals surface area (Å²) < 4.78 is 3.04. The summed E-state index contributed by atoms with van der Waals surface area (Å²) >= 11 is 0. The van der Waals surface area contributed by atoms with Gasteiger partial charge in [-0.25, -0.2) is 9.67 Å². The summed E-state index contributed by atoms with van der Waals surface area (Å²) in [5.74, 6) is -0.0988. The Hall–Kier alpha value is -2.96. The van der Waals surface area contributed by atoms with E-state index in [1.54, 1.807) is 9.58 Å². The summed E-state index contributed by atoms with van der Waals surface area (Å²) in [4.78, 5) is 31.5. The van der Waals surface area contributed by atoms with E-state index in [1.807, 2.05) is 31.2 Å². The lowest BCUT2D eigenvalue weighted by Crippen LogP contribution is -2.39. The number of hydrogen-bond donors (Lipinski definition) is 0. The van der Waals surface area contributed by atoms with Gasteiger partial charge in [0.25, 0.3) is 5.56 Å². The third-order valence-corrected chi connectivity index (χ3v) is 4.64. The van der Waals surface area contributed by atoms with Gasteiger partial charge in [-0.15, -0.1) is 0 Å². The predicted octanol–water partition coefficient (Wildman–Crippen LogP) is 1.59. The van der Waals surface area contributed by atoms with E-state index in [9.17, 15) is 9.59 Å². The summed E-state index contributed by atoms with van der Waals surface area (Å²) in [6, 6.07) is 7.93. The molecule has 0 spiro atoms. The van der Waals surface area contributed by atoms with Crippen LogP contribution in [0.3, 0.4) is 0 Å². The smallest absolute Gasteiger partial charge is 0.264 e. The van der Waals surface area contributed by atoms with E-state index < -0.39 is 0 Å². The molecule has 2 aromatic heterocycles. The van der Waals surface area contributed by atoms with Crippen molar-refractivity contribution in [3.63, 3.8) is 0 Å². The Labute approximate surface area is 144 Å². The summed E-state index contributed by atoms with van der Waals surface area (Å²) in [6.07, 6.45) is 4.86. The van der Waals surface area contributed by atoms with Gasteiger partial charge in [0.05, 0.1) is 6.20 Å². The number of aromatic nitrogens is 4. The van der Waals surface area contributed by atoms with Gasteiger partial charge < -0.3 is 4.90 Å². The molecule has 0 saturated heterocycles. The molecule has 25 heavy (non-hydrogen) atoms. The van der Waals surface area contributed by atoms with Gasteiger partial charge in [-0.3, -0.25) is 14.2 Å². The summed E-state index contributed by atoms with van der Waals surface area (Å²) in [5, 5.41) is 4.60. The minimum atomic E-state index is -0.233. The second-order valence-electron chi connectivity index (χ2n) is 6.15. The van der Waals surface area contributed by atoms with Crippen LogP contribution >= 0.6 is 0 Å². The Balaban J connectivity index is 1.65. The molecule has 0 aliphatic carbocycles. The molecule has 4 rings (SSSR count). The van der Waals surface area contributed by atoms with Gasteiger partial charge in [-0.05, 0) is 31.4 Å². The zero-order valence-electron chi connectivity index (χ0n) is 14.1. The molecular weight excluding hydrogens is 318 g/mol. The molecule has 0 N–H and O–H groups in total. The fourth-order valence-electron chi connectivity index (χ4n) is 3.37. The molecule has 128 valence electrons. The minimum Gasteiger partial charge on any atom is -0.311 e. The molecule has 1 aliphatic heterocycles. The molecule has 1 aromatic carbocycles. The van der Waals surface area contributed by atoms with Crippen molar-refractivity contribution in [3.05, 3.63) is 52.7 Å². The van der Waals surface area contributed by atoms with Gasteiger partial charge in [-0.1, -0.05) is 18.2 Å². The number of carbonyl (C=O) groups is 1. The van der Waals surface area contributed by atoms with Gasteiger partial charge in [0.15, 0.2) is 5.65 Å². The highest BCUT2D eigenvalue weighted by Gasteiger charge is 2.23. The molecular formula is C18H19N5O2. The minimum absolute atomic E-state index is 0.0204. The van der Waals surface area contributed by atoms with Gasteiger partial charge >= 0.3 is 0 Å². The van der Waals surface area contributed by atoms with Gasteiger partial charge in [0.1, 0.15) is 18.3 Å². The van der Waals surface area contributed by atoms with E-state index in [4.69, 9.17) is 0 Å². The number of aryl methyl sites for hydroxylation is 2. The number of amides is 1. The molecule has 0 atom stereocenters. The maximum absolute atomic E-state index is 12.8. The highest BCUT2D eigenvalue weighted by atomic mass is 16.2. The monoisotopic (exact) mass is 337 g/mol. The maximum atomic E-state index is 12.8. The van der Waals surface area contributed by atoms with Crippen molar-refractivity contribution < 1.29 is 4.79 Å². The lowest BCUT2D eigenvalue weighted by molar-refractivity contribution is -0.119. The normalized spacial score (nSPS) is 13.9. The van der Waals surface area contributed by atoms with Crippen molar-refractivity contribution in [2.75, 3.05) is 11.4 Å². The van der Waals surface area contributed by atoms with Gasteiger partial charge in [-0.2, -0.15) is 5.10 Å². The molecule has 3 heterocycles. The predicted molar refractivity (Wildman–Crippen MR) is 94.6 cm³/mol. The Kier molecular flexibility index (Phi) is 3.83. The first-order valence-electron chi connectivity index (χ1n) is 8.48. The van der Waals surface area contributed by atoms with Crippen LogP contribution in [0.25, 0.3) is 11.0 Å². The number of anilines is 1. The van der Waals surface area contributed by atoms with Gasteiger partial charge in [0.2, 0.25) is 5.91 Å². The van der Waals surface area contributed by atoms with E-state index in [-0.39, 0.29) is 18.0 Å². The third-order valence-electron chi connectivity index (χ3n) is 4.64. The van der Waals surface area contributed by atoms with Gasteiger partial charge in [0, 0.05) is 18.8 Å². The Bertz CT molecular complexity index is 1000. The van der Waals surface area contributed by atoms with Crippen LogP contribution in [0.15, 0.2) is 41.6 Å². The van der Waals surface area contributed by atoms with E-state index in [1.165, 1.54) is 22.7 Å². The molecule has 0 bridgehead atoms. The largest absolute Gasteiger partial charge is 0.311 e. The Morgan fingerprint density at radius 3 is 2.96 bits per heavy atom. The van der Waals surface area contributed by atoms with Crippen molar-refractivity contribution in [3.8, 4) is 0 Å². The molecule has 0 saturated carbocycles. The fourth-order valence-corrected chi connectivity index (χ4v) is 3.37. The number of para-hydroxylation sites is 1. The Morgan fingerprint density at radius 2 is 2.12 bits per heavy atom. The zero-order valence-corrected chi connectivity index (χ0v) is 14.1. The fraction of sp³-hybridized carbons (Fsp3) is 0.333. The molecule has 3 aromatic rings. The highest BCUT2D eigenvalue weighted by molar-refractivity contribution is 5.94. The van der Waals surface area contributed by atoms with E-state index in [0.717, 1.165) is 18.5 Å². The molecule has 7 heteroatoms. The Morgan fingerprint density at radius 1 is 1.28 bits per heavy atom. The first-order chi connectivity index (χ1) is 12.2. The second-order valence-corrected chi connectivity index (χ2v) is 6.15. The van der Waals surface area contributed by atoms with Crippen molar-refractivity contribution in [2.45, 2.75) is 32.9 Å². The van der Waals surface area contributed by atoms with Crippen LogP contribution in [0.2, 0.25) is 0 Å². The summed E-state index contributed by atoms with van der Waals surface area (Å²) in [7, 11) is 0. The molecule has 0 fully saturated rings. The highest BCUT2D eigenvalue weighted by Crippen LogP contribution is 2.26. The van der Waals surface area contributed by atoms with Crippen LogP contribution in [0.4, 0.5) is 5.69 Å². The first-order valence-corrected chi connectivity index (χ1v) is 8.48. The van der Waals surface area contributed by atoms with Crippen molar-refractivity contribution in [1.82, 2.24) is 19.3 Å². The summed E-state index contributed by atoms with van der Waals surface area (Å²) in [6.45, 7) is 3.24. The molecule has 1 aliphatic rings. The van der Waals surface area contributed by atoms with Crippen LogP contribution in [-0.4, -0.2) is 31.8 Å². The molecule has 7 nitrogen and oxygen atoms in total. The van der Waals surface area contributed by atoms with Crippen LogP contribution in [0.5, 0.6) is 0 Å². The van der Waals surface area contributed by atoms with Crippen LogP contribution < -0.4 is 10.5 Å². The van der Waals surface area contributed by atoms with Crippen molar-refractivity contribution in [2.24, 2.45) is 0 Å². The van der Waals surface area contributed by atoms with E-state index >= 15 is 0 Å². The zero-order chi connectivity index (χ0) is 17.4. The number of hydrogen-bond acceptors (Lipinski definition) is 4. The molecule has 1 amide bonds. The topological polar surface area (TPSA) is 73.0 Å². The number of nitrogens with zero attached hydrogens (tertiary/aromatic N) is 5. The SMILES string of the molecule is CCn1ncc2c(=O)n(CC(=O)N3CCCc4ccccc43)cnc21. The van der Waals surface area contributed by atoms with Crippen molar-refractivity contribution >= 4 is 22.6 Å². The average molecular weight is 337 g/mol. The van der Waals surface area contributed by atoms with E-state index in [0.29, 0.717) is 24.1 Å². The first kappa shape index (κ1) is 15.6. The second kappa shape index (κ2) is 6.16. The number of fused-ring (bicyclic) bond motifs is 2. The standard InChI is InChI=1S/C18H19N5O2/c1-2-23-17-14(10-20-23)18(25)21(12-19-17)11-16(24)22-9-5-7-13-6-3-4-8-15(13)22/h3-4,6,8,10,12H,2,5,7,9,11H2,1H3. The number of carbonyl (C=O) groups excluding carboxylic acids is 1. The maximum Gasteiger partial charge on any atom is 0.264 e. The van der Waals surface area contributed by atoms with Crippen molar-refractivity contribution in [1.29, 1.82) is 0 Å². The van der Waals surface area contributed by atoms with Crippen LogP contribution in [0.1, 0.15) is 18.9 Å². The number of rotatable bonds is 3. The van der Waals surface area contributed by atoms with Crippen LogP contribution in [-0.2, 0) is 24.3 Å². The molecule has 0 unspecified atom stereocenters. The number of benzene rings is 1. The third kappa shape index (κ3) is 2.61. The molecule has 0 radical (unpaired) electrons. The van der Waals surface area contributed by atoms with E-state index in [2.05, 4.69) is 10.1 Å². The lowest BCUT2D eigenvalue weighted by Gasteiger charge is -2.29. The average Bonchev–Trinajstić information content (AvgIpc) is 3.07. The summed E-state index contributed by atoms with van der Waals surface area (Å²) in [5.41, 5.74) is 2.44.